The van der Waals surface area contributed by atoms with E-state index in [9.17, 15) is 8.78 Å². The lowest BCUT2D eigenvalue weighted by molar-refractivity contribution is -0.0493. The van der Waals surface area contributed by atoms with Gasteiger partial charge in [0.1, 0.15) is 5.75 Å². The van der Waals surface area contributed by atoms with Crippen LogP contribution >= 0.6 is 28.1 Å². The number of para-hydroxylation sites is 2. The highest BCUT2D eigenvalue weighted by Gasteiger charge is 2.10. The Balaban J connectivity index is 2.04. The molecule has 0 bridgehead atoms. The van der Waals surface area contributed by atoms with Crippen LogP contribution in [0.3, 0.4) is 0 Å². The normalized spacial score (nSPS) is 10.3. The van der Waals surface area contributed by atoms with Gasteiger partial charge in [-0.05, 0) is 48.6 Å². The third kappa shape index (κ3) is 4.95. The maximum Gasteiger partial charge on any atom is 0.387 e. The van der Waals surface area contributed by atoms with E-state index in [1.54, 1.807) is 18.2 Å². The van der Waals surface area contributed by atoms with Crippen LogP contribution in [0.1, 0.15) is 0 Å². The van der Waals surface area contributed by atoms with E-state index in [0.717, 1.165) is 10.2 Å². The predicted octanol–water partition coefficient (Wildman–Crippen LogP) is 4.86. The molecule has 0 saturated heterocycles. The monoisotopic (exact) mass is 372 g/mol. The molecule has 0 spiro atoms. The van der Waals surface area contributed by atoms with Gasteiger partial charge in [-0.25, -0.2) is 0 Å². The number of thiocarbonyl (C=S) groups is 1. The summed E-state index contributed by atoms with van der Waals surface area (Å²) in [5, 5.41) is 6.06. The van der Waals surface area contributed by atoms with E-state index in [-0.39, 0.29) is 10.9 Å². The van der Waals surface area contributed by atoms with E-state index >= 15 is 0 Å². The highest BCUT2D eigenvalue weighted by atomic mass is 79.9. The van der Waals surface area contributed by atoms with E-state index in [1.165, 1.54) is 6.07 Å². The molecule has 0 aliphatic carbocycles. The van der Waals surface area contributed by atoms with E-state index in [1.807, 2.05) is 24.3 Å². The first-order valence-corrected chi connectivity index (χ1v) is 7.12. The molecular weight excluding hydrogens is 362 g/mol. The van der Waals surface area contributed by atoms with Gasteiger partial charge >= 0.3 is 6.61 Å². The molecule has 2 rings (SSSR count). The summed E-state index contributed by atoms with van der Waals surface area (Å²) in [4.78, 5) is 0. The van der Waals surface area contributed by atoms with Crippen molar-refractivity contribution in [2.75, 3.05) is 10.6 Å². The Kier molecular flexibility index (Phi) is 5.46. The molecule has 2 N–H and O–H groups in total. The first kappa shape index (κ1) is 15.7. The minimum absolute atomic E-state index is 0.0347. The Morgan fingerprint density at radius 3 is 2.38 bits per heavy atom. The summed E-state index contributed by atoms with van der Waals surface area (Å²) in [7, 11) is 0. The summed E-state index contributed by atoms with van der Waals surface area (Å²) >= 11 is 8.48. The zero-order chi connectivity index (χ0) is 15.2. The Morgan fingerprint density at radius 1 is 1.05 bits per heavy atom. The maximum absolute atomic E-state index is 12.3. The van der Waals surface area contributed by atoms with Crippen LogP contribution in [0, 0.1) is 0 Å². The lowest BCUT2D eigenvalue weighted by Crippen LogP contribution is -2.19. The van der Waals surface area contributed by atoms with Crippen LogP contribution in [-0.2, 0) is 0 Å². The number of hydrogen-bond donors (Lipinski definition) is 2. The quantitative estimate of drug-likeness (QED) is 0.750. The summed E-state index contributed by atoms with van der Waals surface area (Å²) in [5.41, 5.74) is 1.15. The molecule has 0 radical (unpaired) electrons. The van der Waals surface area contributed by atoms with Gasteiger partial charge < -0.3 is 15.4 Å². The highest BCUT2D eigenvalue weighted by Crippen LogP contribution is 2.25. The fourth-order valence-electron chi connectivity index (χ4n) is 1.59. The molecule has 0 amide bonds. The lowest BCUT2D eigenvalue weighted by Gasteiger charge is -2.14. The zero-order valence-electron chi connectivity index (χ0n) is 10.6. The van der Waals surface area contributed by atoms with Gasteiger partial charge in [0.2, 0.25) is 0 Å². The van der Waals surface area contributed by atoms with Crippen molar-refractivity contribution in [2.45, 2.75) is 6.61 Å². The van der Waals surface area contributed by atoms with E-state index < -0.39 is 6.61 Å². The average Bonchev–Trinajstić information content (AvgIpc) is 2.43. The van der Waals surface area contributed by atoms with Gasteiger partial charge in [-0.15, -0.1) is 0 Å². The van der Waals surface area contributed by atoms with Crippen molar-refractivity contribution in [1.82, 2.24) is 0 Å². The van der Waals surface area contributed by atoms with Crippen LogP contribution in [0.15, 0.2) is 53.0 Å². The average molecular weight is 373 g/mol. The summed E-state index contributed by atoms with van der Waals surface area (Å²) < 4.78 is 30.0. The molecule has 0 saturated carbocycles. The van der Waals surface area contributed by atoms with Gasteiger partial charge in [-0.3, -0.25) is 0 Å². The van der Waals surface area contributed by atoms with Crippen LogP contribution in [0.25, 0.3) is 0 Å². The molecule has 2 aromatic carbocycles. The highest BCUT2D eigenvalue weighted by molar-refractivity contribution is 9.10. The van der Waals surface area contributed by atoms with E-state index in [2.05, 4.69) is 31.3 Å². The molecule has 0 fully saturated rings. The van der Waals surface area contributed by atoms with Crippen molar-refractivity contribution in [3.05, 3.63) is 53.0 Å². The largest absolute Gasteiger partial charge is 0.433 e. The van der Waals surface area contributed by atoms with Crippen LogP contribution in [0.2, 0.25) is 0 Å². The van der Waals surface area contributed by atoms with E-state index in [0.29, 0.717) is 5.69 Å². The number of alkyl halides is 2. The van der Waals surface area contributed by atoms with Crippen molar-refractivity contribution in [2.24, 2.45) is 0 Å². The molecule has 0 unspecified atom stereocenters. The maximum atomic E-state index is 12.3. The van der Waals surface area contributed by atoms with E-state index in [4.69, 9.17) is 12.2 Å². The molecule has 7 heteroatoms. The summed E-state index contributed by atoms with van der Waals surface area (Å²) in [6.07, 6.45) is 0. The van der Waals surface area contributed by atoms with Crippen molar-refractivity contribution in [1.29, 1.82) is 0 Å². The second-order valence-corrected chi connectivity index (χ2v) is 5.28. The number of halogens is 3. The third-order valence-electron chi connectivity index (χ3n) is 2.45. The standard InChI is InChI=1S/C14H11BrF2N2OS/c15-9-5-7-10(8-6-9)18-14(21)19-11-3-1-2-4-12(11)20-13(16)17/h1-8,13H,(H2,18,19,21). The Hall–Kier alpha value is -1.73. The van der Waals surface area contributed by atoms with Crippen molar-refractivity contribution < 1.29 is 13.5 Å². The van der Waals surface area contributed by atoms with Gasteiger partial charge in [0.05, 0.1) is 5.69 Å². The summed E-state index contributed by atoms with van der Waals surface area (Å²) in [6, 6.07) is 13.7. The van der Waals surface area contributed by atoms with Gasteiger partial charge in [-0.1, -0.05) is 28.1 Å². The molecule has 0 aliphatic rings. The van der Waals surface area contributed by atoms with Crippen molar-refractivity contribution in [3.63, 3.8) is 0 Å². The minimum atomic E-state index is -2.89. The van der Waals surface area contributed by atoms with Crippen LogP contribution in [0.4, 0.5) is 20.2 Å². The van der Waals surface area contributed by atoms with Crippen molar-refractivity contribution >= 4 is 44.6 Å². The first-order chi connectivity index (χ1) is 10.0. The molecule has 2 aromatic rings. The van der Waals surface area contributed by atoms with Gasteiger partial charge in [0.25, 0.3) is 0 Å². The number of ether oxygens (including phenoxy) is 1. The number of hydrogen-bond acceptors (Lipinski definition) is 2. The molecule has 110 valence electrons. The minimum Gasteiger partial charge on any atom is -0.433 e. The molecule has 0 heterocycles. The molecule has 0 aromatic heterocycles. The second kappa shape index (κ2) is 7.33. The molecule has 3 nitrogen and oxygen atoms in total. The van der Waals surface area contributed by atoms with Gasteiger partial charge in [-0.2, -0.15) is 8.78 Å². The first-order valence-electron chi connectivity index (χ1n) is 5.92. The summed E-state index contributed by atoms with van der Waals surface area (Å²) in [6.45, 7) is -2.89. The molecule has 0 aliphatic heterocycles. The second-order valence-electron chi connectivity index (χ2n) is 3.96. The van der Waals surface area contributed by atoms with Crippen LogP contribution in [0.5, 0.6) is 5.75 Å². The fraction of sp³-hybridized carbons (Fsp3) is 0.0714. The number of anilines is 2. The Labute approximate surface area is 134 Å². The van der Waals surface area contributed by atoms with Gasteiger partial charge in [0.15, 0.2) is 5.11 Å². The third-order valence-corrected chi connectivity index (χ3v) is 3.19. The Bertz CT molecular complexity index is 623. The number of nitrogens with one attached hydrogen (secondary N) is 2. The summed E-state index contributed by atoms with van der Waals surface area (Å²) in [5.74, 6) is 0.0347. The SMILES string of the molecule is FC(F)Oc1ccccc1NC(=S)Nc1ccc(Br)cc1. The smallest absolute Gasteiger partial charge is 0.387 e. The molecule has 0 atom stereocenters. The van der Waals surface area contributed by atoms with Crippen LogP contribution < -0.4 is 15.4 Å². The van der Waals surface area contributed by atoms with Crippen LogP contribution in [-0.4, -0.2) is 11.7 Å². The zero-order valence-corrected chi connectivity index (χ0v) is 13.0. The number of benzene rings is 2. The van der Waals surface area contributed by atoms with Gasteiger partial charge in [0, 0.05) is 10.2 Å². The number of rotatable bonds is 4. The fourth-order valence-corrected chi connectivity index (χ4v) is 2.08. The predicted molar refractivity (Wildman–Crippen MR) is 87.1 cm³/mol. The molecule has 21 heavy (non-hydrogen) atoms. The lowest BCUT2D eigenvalue weighted by atomic mass is 10.3. The molecular formula is C14H11BrF2N2OS. The Morgan fingerprint density at radius 2 is 1.71 bits per heavy atom. The van der Waals surface area contributed by atoms with Crippen molar-refractivity contribution in [3.8, 4) is 5.75 Å². The topological polar surface area (TPSA) is 33.3 Å².